The molecule has 24 heavy (non-hydrogen) atoms. The van der Waals surface area contributed by atoms with Gasteiger partial charge in [0.15, 0.2) is 16.8 Å². The van der Waals surface area contributed by atoms with Crippen molar-refractivity contribution in [2.75, 3.05) is 5.75 Å². The van der Waals surface area contributed by atoms with E-state index in [-0.39, 0.29) is 5.78 Å². The summed E-state index contributed by atoms with van der Waals surface area (Å²) in [6.45, 7) is 2.75. The van der Waals surface area contributed by atoms with Crippen LogP contribution in [0.3, 0.4) is 0 Å². The zero-order valence-electron chi connectivity index (χ0n) is 13.0. The van der Waals surface area contributed by atoms with E-state index in [2.05, 4.69) is 15.2 Å². The van der Waals surface area contributed by atoms with Gasteiger partial charge in [0.25, 0.3) is 0 Å². The number of benzene rings is 1. The van der Waals surface area contributed by atoms with E-state index in [4.69, 9.17) is 11.6 Å². The first-order valence-electron chi connectivity index (χ1n) is 7.44. The first-order chi connectivity index (χ1) is 11.7. The van der Waals surface area contributed by atoms with E-state index < -0.39 is 0 Å². The quantitative estimate of drug-likeness (QED) is 0.492. The summed E-state index contributed by atoms with van der Waals surface area (Å²) in [4.78, 5) is 16.3. The van der Waals surface area contributed by atoms with Gasteiger partial charge in [-0.2, -0.15) is 0 Å². The van der Waals surface area contributed by atoms with Crippen LogP contribution in [0.15, 0.2) is 53.9 Å². The van der Waals surface area contributed by atoms with Crippen LogP contribution in [0.4, 0.5) is 0 Å². The van der Waals surface area contributed by atoms with Crippen LogP contribution in [0.1, 0.15) is 17.3 Å². The van der Waals surface area contributed by atoms with Gasteiger partial charge in [-0.25, -0.2) is 0 Å². The molecule has 122 valence electrons. The Bertz CT molecular complexity index is 834. The number of carbonyl (C=O) groups excluding carboxylic acids is 1. The molecule has 0 spiro atoms. The molecule has 3 aromatic rings. The van der Waals surface area contributed by atoms with E-state index in [1.807, 2.05) is 23.6 Å². The minimum Gasteiger partial charge on any atom is -0.302 e. The Morgan fingerprint density at radius 1 is 1.12 bits per heavy atom. The Kier molecular flexibility index (Phi) is 5.27. The molecule has 0 saturated heterocycles. The molecule has 5 nitrogen and oxygen atoms in total. The molecule has 0 saturated carbocycles. The largest absolute Gasteiger partial charge is 0.302 e. The van der Waals surface area contributed by atoms with Gasteiger partial charge in [-0.3, -0.25) is 9.78 Å². The molecule has 0 unspecified atom stereocenters. The Morgan fingerprint density at radius 3 is 2.50 bits per heavy atom. The number of thioether (sulfide) groups is 1. The van der Waals surface area contributed by atoms with Crippen LogP contribution in [-0.2, 0) is 6.54 Å². The molecule has 7 heteroatoms. The molecule has 0 aliphatic rings. The first-order valence-corrected chi connectivity index (χ1v) is 8.80. The maximum absolute atomic E-state index is 12.3. The van der Waals surface area contributed by atoms with E-state index in [1.54, 1.807) is 36.7 Å². The number of hydrogen-bond acceptors (Lipinski definition) is 5. The predicted molar refractivity (Wildman–Crippen MR) is 95.4 cm³/mol. The summed E-state index contributed by atoms with van der Waals surface area (Å²) < 4.78 is 2.00. The second-order valence-electron chi connectivity index (χ2n) is 5.01. The van der Waals surface area contributed by atoms with Crippen LogP contribution < -0.4 is 0 Å². The monoisotopic (exact) mass is 358 g/mol. The maximum Gasteiger partial charge on any atom is 0.191 e. The average Bonchev–Trinajstić information content (AvgIpc) is 3.04. The molecular weight excluding hydrogens is 344 g/mol. The minimum atomic E-state index is 0.0350. The number of rotatable bonds is 6. The minimum absolute atomic E-state index is 0.0350. The fourth-order valence-corrected chi connectivity index (χ4v) is 3.27. The highest BCUT2D eigenvalue weighted by molar-refractivity contribution is 7.99. The number of pyridine rings is 1. The van der Waals surface area contributed by atoms with Crippen molar-refractivity contribution in [3.05, 3.63) is 59.4 Å². The number of ketones is 1. The van der Waals surface area contributed by atoms with Crippen LogP contribution in [0.25, 0.3) is 11.4 Å². The van der Waals surface area contributed by atoms with Crippen LogP contribution in [0.5, 0.6) is 0 Å². The lowest BCUT2D eigenvalue weighted by atomic mass is 10.1. The van der Waals surface area contributed by atoms with Gasteiger partial charge in [0.05, 0.1) is 5.75 Å². The molecule has 0 atom stereocenters. The number of aromatic nitrogens is 4. The third-order valence-electron chi connectivity index (χ3n) is 3.47. The number of halogens is 1. The van der Waals surface area contributed by atoms with Crippen LogP contribution in [-0.4, -0.2) is 31.3 Å². The van der Waals surface area contributed by atoms with E-state index in [0.29, 0.717) is 16.3 Å². The second-order valence-corrected chi connectivity index (χ2v) is 6.38. The molecule has 0 aliphatic carbocycles. The smallest absolute Gasteiger partial charge is 0.191 e. The Labute approximate surface area is 149 Å². The van der Waals surface area contributed by atoms with Gasteiger partial charge in [-0.1, -0.05) is 23.4 Å². The van der Waals surface area contributed by atoms with Gasteiger partial charge < -0.3 is 4.57 Å². The molecular formula is C17H15ClN4OS. The number of carbonyl (C=O) groups is 1. The Morgan fingerprint density at radius 2 is 1.83 bits per heavy atom. The van der Waals surface area contributed by atoms with Crippen molar-refractivity contribution in [1.82, 2.24) is 19.7 Å². The summed E-state index contributed by atoms with van der Waals surface area (Å²) in [6, 6.07) is 10.7. The summed E-state index contributed by atoms with van der Waals surface area (Å²) in [5, 5.41) is 9.83. The van der Waals surface area contributed by atoms with E-state index >= 15 is 0 Å². The van der Waals surface area contributed by atoms with Gasteiger partial charge in [0, 0.05) is 35.1 Å². The Hall–Kier alpha value is -2.18. The van der Waals surface area contributed by atoms with Crippen molar-refractivity contribution in [2.24, 2.45) is 0 Å². The standard InChI is InChI=1S/C17H15ClN4OS/c1-2-22-16(13-7-9-19-10-8-13)20-21-17(22)24-11-15(23)12-3-5-14(18)6-4-12/h3-10H,2,11H2,1H3. The van der Waals surface area contributed by atoms with Crippen molar-refractivity contribution in [3.8, 4) is 11.4 Å². The third-order valence-corrected chi connectivity index (χ3v) is 4.69. The van der Waals surface area contributed by atoms with Crippen molar-refractivity contribution < 1.29 is 4.79 Å². The highest BCUT2D eigenvalue weighted by Crippen LogP contribution is 2.24. The maximum atomic E-state index is 12.3. The first kappa shape index (κ1) is 16.7. The van der Waals surface area contributed by atoms with Crippen LogP contribution in [0.2, 0.25) is 5.02 Å². The molecule has 0 aliphatic heterocycles. The molecule has 0 radical (unpaired) electrons. The van der Waals surface area contributed by atoms with Crippen LogP contribution >= 0.6 is 23.4 Å². The topological polar surface area (TPSA) is 60.7 Å². The van der Waals surface area contributed by atoms with Crippen molar-refractivity contribution >= 4 is 29.1 Å². The normalized spacial score (nSPS) is 10.8. The van der Waals surface area contributed by atoms with E-state index in [1.165, 1.54) is 11.8 Å². The summed E-state index contributed by atoms with van der Waals surface area (Å²) in [5.74, 6) is 1.12. The van der Waals surface area contributed by atoms with E-state index in [0.717, 1.165) is 23.1 Å². The van der Waals surface area contributed by atoms with Gasteiger partial charge in [0.1, 0.15) is 0 Å². The lowest BCUT2D eigenvalue weighted by Crippen LogP contribution is -2.05. The van der Waals surface area contributed by atoms with Gasteiger partial charge in [0.2, 0.25) is 0 Å². The SMILES string of the molecule is CCn1c(SCC(=O)c2ccc(Cl)cc2)nnc1-c1ccncc1. The number of hydrogen-bond donors (Lipinski definition) is 0. The molecule has 1 aromatic carbocycles. The third kappa shape index (κ3) is 3.66. The fraction of sp³-hybridized carbons (Fsp3) is 0.176. The zero-order valence-corrected chi connectivity index (χ0v) is 14.6. The molecule has 0 bridgehead atoms. The van der Waals surface area contributed by atoms with Crippen molar-refractivity contribution in [2.45, 2.75) is 18.6 Å². The van der Waals surface area contributed by atoms with Gasteiger partial charge in [-0.05, 0) is 43.3 Å². The summed E-state index contributed by atoms with van der Waals surface area (Å²) in [7, 11) is 0. The lowest BCUT2D eigenvalue weighted by molar-refractivity contribution is 0.102. The van der Waals surface area contributed by atoms with Gasteiger partial charge in [-0.15, -0.1) is 10.2 Å². The van der Waals surface area contributed by atoms with E-state index in [9.17, 15) is 4.79 Å². The van der Waals surface area contributed by atoms with Crippen molar-refractivity contribution in [3.63, 3.8) is 0 Å². The number of nitrogens with zero attached hydrogens (tertiary/aromatic N) is 4. The summed E-state index contributed by atoms with van der Waals surface area (Å²) in [5.41, 5.74) is 1.60. The molecule has 0 amide bonds. The molecule has 0 fully saturated rings. The zero-order chi connectivity index (χ0) is 16.9. The molecule has 2 heterocycles. The Balaban J connectivity index is 1.75. The fourth-order valence-electron chi connectivity index (χ4n) is 2.24. The summed E-state index contributed by atoms with van der Waals surface area (Å²) >= 11 is 7.23. The van der Waals surface area contributed by atoms with Crippen LogP contribution in [0, 0.1) is 0 Å². The molecule has 2 aromatic heterocycles. The average molecular weight is 359 g/mol. The highest BCUT2D eigenvalue weighted by atomic mass is 35.5. The second kappa shape index (κ2) is 7.59. The van der Waals surface area contributed by atoms with Crippen molar-refractivity contribution in [1.29, 1.82) is 0 Å². The van der Waals surface area contributed by atoms with Gasteiger partial charge >= 0.3 is 0 Å². The summed E-state index contributed by atoms with van der Waals surface area (Å²) in [6.07, 6.45) is 3.45. The predicted octanol–water partition coefficient (Wildman–Crippen LogP) is 3.99. The molecule has 3 rings (SSSR count). The lowest BCUT2D eigenvalue weighted by Gasteiger charge is -2.07. The molecule has 0 N–H and O–H groups in total. The number of Topliss-reactive ketones (excluding diaryl/α,β-unsaturated/α-hetero) is 1. The highest BCUT2D eigenvalue weighted by Gasteiger charge is 2.15.